The zero-order chi connectivity index (χ0) is 43.8. The summed E-state index contributed by atoms with van der Waals surface area (Å²) < 4.78 is 0. The number of carbonyl (C=O) groups is 1. The maximum Gasteiger partial charge on any atom is 0.326 e. The molecule has 5 N–H and O–H groups in total. The summed E-state index contributed by atoms with van der Waals surface area (Å²) in [5.74, 6) is 0.664. The molecular weight excluding hydrogens is 715 g/mol. The van der Waals surface area contributed by atoms with Gasteiger partial charge < -0.3 is 25.5 Å². The number of hydrogen-bond acceptors (Lipinski definition) is 7. The SMILES string of the molecule is CC(C)(C)c1cc(CN2C(=O)N(Cc3cc(C(C)(C)C)c(O)c(C(C)(C)C)c3)C(O)N(Cc3cc(C(C)(C)C)c(O)c(C(C)(C)C)c3)C2O)cc(C(C)(C)C)c1O. The van der Waals surface area contributed by atoms with Gasteiger partial charge in [-0.3, -0.25) is 9.80 Å². The van der Waals surface area contributed by atoms with Crippen molar-refractivity contribution in [3.63, 3.8) is 0 Å². The number of aliphatic hydroxyl groups excluding tert-OH is 2. The molecular formula is C48H73N3O6. The molecule has 0 saturated carbocycles. The first-order valence-electron chi connectivity index (χ1n) is 20.3. The van der Waals surface area contributed by atoms with Gasteiger partial charge in [-0.2, -0.15) is 0 Å². The lowest BCUT2D eigenvalue weighted by molar-refractivity contribution is -0.236. The van der Waals surface area contributed by atoms with Crippen molar-refractivity contribution in [3.05, 3.63) is 86.5 Å². The minimum absolute atomic E-state index is 0.00171. The highest BCUT2D eigenvalue weighted by atomic mass is 16.4. The number of phenols is 3. The van der Waals surface area contributed by atoms with Gasteiger partial charge in [-0.1, -0.05) is 137 Å². The van der Waals surface area contributed by atoms with Crippen LogP contribution in [0.4, 0.5) is 4.79 Å². The number of urea groups is 1. The minimum Gasteiger partial charge on any atom is -0.507 e. The number of rotatable bonds is 6. The Morgan fingerprint density at radius 1 is 0.404 bits per heavy atom. The van der Waals surface area contributed by atoms with Gasteiger partial charge >= 0.3 is 6.03 Å². The highest BCUT2D eigenvalue weighted by Crippen LogP contribution is 2.44. The summed E-state index contributed by atoms with van der Waals surface area (Å²) in [5.41, 5.74) is 4.19. The molecule has 0 aliphatic carbocycles. The highest BCUT2D eigenvalue weighted by Gasteiger charge is 2.45. The van der Waals surface area contributed by atoms with Gasteiger partial charge in [0.25, 0.3) is 0 Å². The Morgan fingerprint density at radius 3 is 0.789 bits per heavy atom. The van der Waals surface area contributed by atoms with Gasteiger partial charge in [0.05, 0.1) is 13.1 Å². The van der Waals surface area contributed by atoms with Crippen molar-refractivity contribution in [3.8, 4) is 17.2 Å². The van der Waals surface area contributed by atoms with Crippen LogP contribution in [-0.4, -0.2) is 59.0 Å². The van der Waals surface area contributed by atoms with Crippen molar-refractivity contribution in [2.24, 2.45) is 0 Å². The molecule has 0 spiro atoms. The molecule has 3 aromatic carbocycles. The molecule has 4 rings (SSSR count). The molecule has 1 aliphatic heterocycles. The highest BCUT2D eigenvalue weighted by molar-refractivity contribution is 5.76. The standard InChI is InChI=1S/C48H73N3O6/c1-43(2,3)31-19-28(20-32(37(31)52)44(4,5)6)25-49-40(55)50(26-29-21-33(45(7,8)9)38(53)34(22-29)46(10,11)12)42(57)51(41(49)56)27-30-23-35(47(13,14)15)39(54)36(24-30)48(16,17)18/h19-24,40-41,52-56H,25-27H2,1-18H3. The van der Waals surface area contributed by atoms with E-state index in [4.69, 9.17) is 0 Å². The number of hydrogen-bond donors (Lipinski definition) is 5. The Kier molecular flexibility index (Phi) is 12.2. The first-order chi connectivity index (χ1) is 25.5. The van der Waals surface area contributed by atoms with Crippen LogP contribution in [0, 0.1) is 0 Å². The predicted octanol–water partition coefficient (Wildman–Crippen LogP) is 10.1. The lowest BCUT2D eigenvalue weighted by Crippen LogP contribution is -2.67. The fourth-order valence-electron chi connectivity index (χ4n) is 7.69. The molecule has 1 heterocycles. The van der Waals surface area contributed by atoms with E-state index in [-0.39, 0.29) is 36.9 Å². The van der Waals surface area contributed by atoms with Gasteiger partial charge in [0, 0.05) is 6.54 Å². The van der Waals surface area contributed by atoms with Crippen LogP contribution < -0.4 is 0 Å². The van der Waals surface area contributed by atoms with Crippen LogP contribution >= 0.6 is 0 Å². The van der Waals surface area contributed by atoms with Crippen LogP contribution in [0.1, 0.15) is 175 Å². The number of phenolic OH excluding ortho intramolecular Hbond substituents is 3. The summed E-state index contributed by atoms with van der Waals surface area (Å²) in [5, 5.41) is 59.0. The van der Waals surface area contributed by atoms with E-state index in [1.54, 1.807) is 0 Å². The Morgan fingerprint density at radius 2 is 0.596 bits per heavy atom. The van der Waals surface area contributed by atoms with Gasteiger partial charge in [0.2, 0.25) is 0 Å². The lowest BCUT2D eigenvalue weighted by Gasteiger charge is -2.49. The molecule has 0 aromatic heterocycles. The molecule has 316 valence electrons. The van der Waals surface area contributed by atoms with E-state index in [9.17, 15) is 30.3 Å². The minimum atomic E-state index is -1.53. The predicted molar refractivity (Wildman–Crippen MR) is 231 cm³/mol. The zero-order valence-corrected chi connectivity index (χ0v) is 38.2. The third kappa shape index (κ3) is 9.75. The first kappa shape index (κ1) is 45.9. The molecule has 1 fully saturated rings. The van der Waals surface area contributed by atoms with E-state index in [1.807, 2.05) is 161 Å². The molecule has 57 heavy (non-hydrogen) atoms. The summed E-state index contributed by atoms with van der Waals surface area (Å²) >= 11 is 0. The van der Waals surface area contributed by atoms with Gasteiger partial charge in [-0.05, 0) is 107 Å². The topological polar surface area (TPSA) is 128 Å². The normalized spacial score (nSPS) is 18.1. The summed E-state index contributed by atoms with van der Waals surface area (Å²) in [4.78, 5) is 19.0. The lowest BCUT2D eigenvalue weighted by atomic mass is 9.78. The number of aromatic hydroxyl groups is 3. The molecule has 3 aromatic rings. The molecule has 2 atom stereocenters. The van der Waals surface area contributed by atoms with Crippen LogP contribution in [0.3, 0.4) is 0 Å². The van der Waals surface area contributed by atoms with Crippen LogP contribution in [-0.2, 0) is 52.1 Å². The van der Waals surface area contributed by atoms with E-state index in [2.05, 4.69) is 0 Å². The van der Waals surface area contributed by atoms with Crippen molar-refractivity contribution < 1.29 is 30.3 Å². The fraction of sp³-hybridized carbons (Fsp3) is 0.604. The fourth-order valence-corrected chi connectivity index (χ4v) is 7.69. The van der Waals surface area contributed by atoms with Crippen LogP contribution in [0.2, 0.25) is 0 Å². The zero-order valence-electron chi connectivity index (χ0n) is 38.2. The second-order valence-electron chi connectivity index (χ2n) is 22.5. The molecule has 1 saturated heterocycles. The number of amides is 2. The average Bonchev–Trinajstić information content (AvgIpc) is 3.02. The van der Waals surface area contributed by atoms with E-state index in [0.717, 1.165) is 50.1 Å². The van der Waals surface area contributed by atoms with Crippen LogP contribution in [0.15, 0.2) is 36.4 Å². The van der Waals surface area contributed by atoms with Gasteiger partial charge in [0.15, 0.2) is 12.7 Å². The third-order valence-corrected chi connectivity index (χ3v) is 11.1. The molecule has 9 nitrogen and oxygen atoms in total. The molecule has 0 radical (unpaired) electrons. The molecule has 1 aliphatic rings. The molecule has 0 bridgehead atoms. The third-order valence-electron chi connectivity index (χ3n) is 11.1. The smallest absolute Gasteiger partial charge is 0.326 e. The Hall–Kier alpha value is -3.79. The summed E-state index contributed by atoms with van der Waals surface area (Å²) in [6.45, 7) is 36.7. The van der Waals surface area contributed by atoms with Crippen LogP contribution in [0.5, 0.6) is 17.2 Å². The summed E-state index contributed by atoms with van der Waals surface area (Å²) in [7, 11) is 0. The first-order valence-corrected chi connectivity index (χ1v) is 20.3. The molecule has 2 unspecified atom stereocenters. The number of aliphatic hydroxyl groups is 2. The summed E-state index contributed by atoms with van der Waals surface area (Å²) in [6.07, 6.45) is -3.07. The van der Waals surface area contributed by atoms with E-state index in [1.165, 1.54) is 14.7 Å². The second kappa shape index (κ2) is 15.1. The van der Waals surface area contributed by atoms with Crippen molar-refractivity contribution in [1.82, 2.24) is 14.7 Å². The monoisotopic (exact) mass is 788 g/mol. The maximum atomic E-state index is 14.8. The average molecular weight is 788 g/mol. The maximum absolute atomic E-state index is 14.8. The van der Waals surface area contributed by atoms with Crippen molar-refractivity contribution in [1.29, 1.82) is 0 Å². The van der Waals surface area contributed by atoms with Crippen molar-refractivity contribution in [2.75, 3.05) is 0 Å². The van der Waals surface area contributed by atoms with E-state index >= 15 is 0 Å². The Labute approximate surface area is 343 Å². The quantitative estimate of drug-likeness (QED) is 0.168. The van der Waals surface area contributed by atoms with Gasteiger partial charge in [-0.15, -0.1) is 0 Å². The Bertz CT molecular complexity index is 1770. The second-order valence-corrected chi connectivity index (χ2v) is 22.5. The van der Waals surface area contributed by atoms with Crippen molar-refractivity contribution >= 4 is 6.03 Å². The number of benzene rings is 3. The number of nitrogens with zero attached hydrogens (tertiary/aromatic N) is 3. The number of carbonyl (C=O) groups excluding carboxylic acids is 1. The van der Waals surface area contributed by atoms with E-state index in [0.29, 0.717) is 0 Å². The molecule has 9 heteroatoms. The molecule has 2 amide bonds. The largest absolute Gasteiger partial charge is 0.507 e. The van der Waals surface area contributed by atoms with E-state index < -0.39 is 51.2 Å². The summed E-state index contributed by atoms with van der Waals surface area (Å²) in [6, 6.07) is 10.9. The van der Waals surface area contributed by atoms with Crippen molar-refractivity contribution in [2.45, 2.75) is 189 Å². The van der Waals surface area contributed by atoms with Gasteiger partial charge in [-0.25, -0.2) is 9.69 Å². The van der Waals surface area contributed by atoms with Crippen LogP contribution in [0.25, 0.3) is 0 Å². The van der Waals surface area contributed by atoms with Gasteiger partial charge in [0.1, 0.15) is 17.2 Å². The Balaban J connectivity index is 1.95.